The van der Waals surface area contributed by atoms with Gasteiger partial charge in [0.2, 0.25) is 5.91 Å². The molecule has 4 heteroatoms. The Morgan fingerprint density at radius 1 is 1.61 bits per heavy atom. The van der Waals surface area contributed by atoms with E-state index in [1.54, 1.807) is 0 Å². The number of fused-ring (bicyclic) bond motifs is 1. The van der Waals surface area contributed by atoms with Crippen LogP contribution in [0.2, 0.25) is 0 Å². The summed E-state index contributed by atoms with van der Waals surface area (Å²) in [5, 5.41) is 0. The molecule has 0 saturated heterocycles. The van der Waals surface area contributed by atoms with E-state index in [-0.39, 0.29) is 11.9 Å². The fraction of sp³-hybridized carbons (Fsp3) is 0.500. The van der Waals surface area contributed by atoms with Crippen molar-refractivity contribution in [3.05, 3.63) is 23.5 Å². The topological polar surface area (TPSA) is 51.3 Å². The average Bonchev–Trinajstić information content (AvgIpc) is 2.72. The number of rotatable bonds is 2. The fourth-order valence-electron chi connectivity index (χ4n) is 2.55. The highest BCUT2D eigenvalue weighted by atomic mass is 16.2. The zero-order valence-corrected chi connectivity index (χ0v) is 10.9. The van der Waals surface area contributed by atoms with Gasteiger partial charge in [0.1, 0.15) is 0 Å². The van der Waals surface area contributed by atoms with Gasteiger partial charge in [-0.15, -0.1) is 12.3 Å². The number of aromatic nitrogens is 1. The van der Waals surface area contributed by atoms with Gasteiger partial charge in [0.15, 0.2) is 0 Å². The van der Waals surface area contributed by atoms with Crippen molar-refractivity contribution < 1.29 is 4.79 Å². The lowest BCUT2D eigenvalue weighted by atomic mass is 10.1. The number of hydrogen-bond donors (Lipinski definition) is 1. The molecule has 2 unspecified atom stereocenters. The van der Waals surface area contributed by atoms with Crippen LogP contribution in [0.5, 0.6) is 0 Å². The van der Waals surface area contributed by atoms with Crippen molar-refractivity contribution in [3.8, 4) is 12.3 Å². The number of carbonyl (C=O) groups is 1. The van der Waals surface area contributed by atoms with E-state index in [1.165, 1.54) is 11.4 Å². The summed E-state index contributed by atoms with van der Waals surface area (Å²) in [5.74, 6) is 2.40. The number of nitrogens with two attached hydrogens (primary N) is 1. The molecule has 0 aromatic carbocycles. The Balaban J connectivity index is 2.19. The normalized spacial score (nSPS) is 20.1. The molecule has 2 atom stereocenters. The summed E-state index contributed by atoms with van der Waals surface area (Å²) in [6.07, 6.45) is 5.50. The van der Waals surface area contributed by atoms with Crippen molar-refractivity contribution in [2.45, 2.75) is 38.9 Å². The molecule has 0 saturated carbocycles. The van der Waals surface area contributed by atoms with Crippen LogP contribution < -0.4 is 5.73 Å². The Morgan fingerprint density at radius 3 is 3.00 bits per heavy atom. The number of hydrogen-bond acceptors (Lipinski definition) is 2. The smallest absolute Gasteiger partial charge is 0.241 e. The first-order valence-electron chi connectivity index (χ1n) is 6.21. The molecule has 0 bridgehead atoms. The molecule has 2 N–H and O–H groups in total. The van der Waals surface area contributed by atoms with Gasteiger partial charge in [0, 0.05) is 30.9 Å². The minimum atomic E-state index is -0.583. The van der Waals surface area contributed by atoms with Crippen LogP contribution in [0.25, 0.3) is 0 Å². The van der Waals surface area contributed by atoms with Crippen LogP contribution in [0.1, 0.15) is 30.8 Å². The number of amides is 1. The van der Waals surface area contributed by atoms with Crippen LogP contribution >= 0.6 is 0 Å². The first kappa shape index (κ1) is 12.7. The molecule has 1 amide bonds. The second kappa shape index (κ2) is 4.87. The Bertz CT molecular complexity index is 498. The molecule has 1 aliphatic heterocycles. The van der Waals surface area contributed by atoms with Crippen LogP contribution in [0.4, 0.5) is 0 Å². The van der Waals surface area contributed by atoms with Gasteiger partial charge < -0.3 is 15.2 Å². The van der Waals surface area contributed by atoms with Crippen LogP contribution in [0.15, 0.2) is 12.1 Å². The second-order valence-corrected chi connectivity index (χ2v) is 4.77. The Hall–Kier alpha value is -1.73. The molecule has 96 valence electrons. The lowest BCUT2D eigenvalue weighted by molar-refractivity contribution is -0.135. The number of carbonyl (C=O) groups excluding carboxylic acids is 1. The molecule has 1 aromatic rings. The van der Waals surface area contributed by atoms with E-state index < -0.39 is 6.04 Å². The third kappa shape index (κ3) is 2.02. The van der Waals surface area contributed by atoms with Gasteiger partial charge in [0.25, 0.3) is 0 Å². The van der Waals surface area contributed by atoms with E-state index in [4.69, 9.17) is 12.2 Å². The summed E-state index contributed by atoms with van der Waals surface area (Å²) < 4.78 is 2.25. The monoisotopic (exact) mass is 245 g/mol. The van der Waals surface area contributed by atoms with E-state index >= 15 is 0 Å². The van der Waals surface area contributed by atoms with Gasteiger partial charge in [-0.25, -0.2) is 0 Å². The highest BCUT2D eigenvalue weighted by Gasteiger charge is 2.30. The van der Waals surface area contributed by atoms with E-state index in [1.807, 2.05) is 11.8 Å². The molecule has 0 radical (unpaired) electrons. The molecule has 1 aromatic heterocycles. The largest absolute Gasteiger partial charge is 0.345 e. The minimum Gasteiger partial charge on any atom is -0.345 e. The molecular weight excluding hydrogens is 226 g/mol. The molecule has 0 aliphatic carbocycles. The molecule has 0 fully saturated rings. The summed E-state index contributed by atoms with van der Waals surface area (Å²) in [6.45, 7) is 5.64. The van der Waals surface area contributed by atoms with Crippen molar-refractivity contribution in [2.24, 2.45) is 5.73 Å². The lowest BCUT2D eigenvalue weighted by Gasteiger charge is -2.36. The van der Waals surface area contributed by atoms with Gasteiger partial charge >= 0.3 is 0 Å². The van der Waals surface area contributed by atoms with E-state index in [0.29, 0.717) is 13.0 Å². The molecule has 2 rings (SSSR count). The van der Waals surface area contributed by atoms with Gasteiger partial charge in [0.05, 0.1) is 12.1 Å². The SMILES string of the molecule is C#CCC(N)C(=O)N1CCn2c(C)ccc2C1C. The highest BCUT2D eigenvalue weighted by Crippen LogP contribution is 2.27. The predicted octanol–water partition coefficient (Wildman–Crippen LogP) is 1.05. The first-order chi connectivity index (χ1) is 8.56. The fourth-order valence-corrected chi connectivity index (χ4v) is 2.55. The maximum Gasteiger partial charge on any atom is 0.241 e. The van der Waals surface area contributed by atoms with E-state index in [0.717, 1.165) is 6.54 Å². The Labute approximate surface area is 108 Å². The summed E-state index contributed by atoms with van der Waals surface area (Å²) in [4.78, 5) is 14.0. The second-order valence-electron chi connectivity index (χ2n) is 4.77. The van der Waals surface area contributed by atoms with Crippen LogP contribution in [0, 0.1) is 19.3 Å². The Kier molecular flexibility index (Phi) is 3.44. The molecule has 0 spiro atoms. The molecule has 4 nitrogen and oxygen atoms in total. The molecular formula is C14H19N3O. The summed E-state index contributed by atoms with van der Waals surface area (Å²) in [7, 11) is 0. The van der Waals surface area contributed by atoms with Gasteiger partial charge in [-0.1, -0.05) is 0 Å². The maximum absolute atomic E-state index is 12.2. The zero-order valence-electron chi connectivity index (χ0n) is 10.9. The van der Waals surface area contributed by atoms with Gasteiger partial charge in [-0.05, 0) is 26.0 Å². The van der Waals surface area contributed by atoms with Crippen LogP contribution in [-0.4, -0.2) is 28.0 Å². The maximum atomic E-state index is 12.2. The minimum absolute atomic E-state index is 0.0504. The first-order valence-corrected chi connectivity index (χ1v) is 6.21. The predicted molar refractivity (Wildman–Crippen MR) is 70.7 cm³/mol. The van der Waals surface area contributed by atoms with Gasteiger partial charge in [-0.2, -0.15) is 0 Å². The van der Waals surface area contributed by atoms with Crippen LogP contribution in [-0.2, 0) is 11.3 Å². The van der Waals surface area contributed by atoms with Crippen LogP contribution in [0.3, 0.4) is 0 Å². The summed E-state index contributed by atoms with van der Waals surface area (Å²) >= 11 is 0. The standard InChI is InChI=1S/C14H19N3O/c1-4-5-12(15)14(18)17-9-8-16-10(2)6-7-13(16)11(17)3/h1,6-7,11-12H,5,8-9,15H2,2-3H3. The number of terminal acetylenes is 1. The number of aryl methyl sites for hydroxylation is 1. The number of nitrogens with zero attached hydrogens (tertiary/aromatic N) is 2. The third-order valence-corrected chi connectivity index (χ3v) is 3.63. The molecule has 2 heterocycles. The third-order valence-electron chi connectivity index (χ3n) is 3.63. The zero-order chi connectivity index (χ0) is 13.3. The van der Waals surface area contributed by atoms with Gasteiger partial charge in [-0.3, -0.25) is 4.79 Å². The van der Waals surface area contributed by atoms with Crippen molar-refractivity contribution in [1.82, 2.24) is 9.47 Å². The highest BCUT2D eigenvalue weighted by molar-refractivity contribution is 5.82. The van der Waals surface area contributed by atoms with Crippen molar-refractivity contribution in [2.75, 3.05) is 6.54 Å². The van der Waals surface area contributed by atoms with E-state index in [9.17, 15) is 4.79 Å². The molecule has 1 aliphatic rings. The van der Waals surface area contributed by atoms with E-state index in [2.05, 4.69) is 29.5 Å². The Morgan fingerprint density at radius 2 is 2.33 bits per heavy atom. The summed E-state index contributed by atoms with van der Waals surface area (Å²) in [5.41, 5.74) is 8.21. The lowest BCUT2D eigenvalue weighted by Crippen LogP contribution is -2.48. The molecule has 18 heavy (non-hydrogen) atoms. The van der Waals surface area contributed by atoms with Crippen molar-refractivity contribution in [3.63, 3.8) is 0 Å². The average molecular weight is 245 g/mol. The quantitative estimate of drug-likeness (QED) is 0.792. The summed E-state index contributed by atoms with van der Waals surface area (Å²) in [6, 6.07) is 3.64. The van der Waals surface area contributed by atoms with Crippen molar-refractivity contribution in [1.29, 1.82) is 0 Å². The van der Waals surface area contributed by atoms with Crippen molar-refractivity contribution >= 4 is 5.91 Å².